The van der Waals surface area contributed by atoms with Crippen molar-refractivity contribution in [2.75, 3.05) is 38.2 Å². The van der Waals surface area contributed by atoms with Gasteiger partial charge in [0, 0.05) is 18.7 Å². The molecular formula is C22H27N3O2S. The maximum Gasteiger partial charge on any atom is 0.260 e. The van der Waals surface area contributed by atoms with Gasteiger partial charge in [0.15, 0.2) is 5.13 Å². The molecule has 1 aromatic heterocycles. The second-order valence-electron chi connectivity index (χ2n) is 6.68. The summed E-state index contributed by atoms with van der Waals surface area (Å²) in [5.74, 6) is 0.782. The van der Waals surface area contributed by atoms with Crippen molar-refractivity contribution in [2.45, 2.75) is 20.8 Å². The minimum absolute atomic E-state index is 0.0122. The quantitative estimate of drug-likeness (QED) is 0.557. The smallest absolute Gasteiger partial charge is 0.260 e. The molecule has 0 fully saturated rings. The number of anilines is 1. The van der Waals surface area contributed by atoms with E-state index >= 15 is 0 Å². The average Bonchev–Trinajstić information content (AvgIpc) is 3.13. The number of aryl methyl sites for hydroxylation is 1. The molecule has 0 unspecified atom stereocenters. The summed E-state index contributed by atoms with van der Waals surface area (Å²) < 4.78 is 6.33. The fourth-order valence-corrected chi connectivity index (χ4v) is 4.15. The van der Waals surface area contributed by atoms with E-state index in [4.69, 9.17) is 9.72 Å². The molecule has 0 saturated carbocycles. The molecule has 6 heteroatoms. The highest BCUT2D eigenvalue weighted by Gasteiger charge is 2.22. The number of aromatic nitrogens is 1. The number of nitrogens with zero attached hydrogens (tertiary/aromatic N) is 3. The number of carbonyl (C=O) groups excluding carboxylic acids is 1. The van der Waals surface area contributed by atoms with Crippen LogP contribution in [-0.4, -0.2) is 49.1 Å². The molecule has 0 aliphatic carbocycles. The van der Waals surface area contributed by atoms with Crippen LogP contribution in [0.5, 0.6) is 5.75 Å². The fraction of sp³-hybridized carbons (Fsp3) is 0.364. The van der Waals surface area contributed by atoms with E-state index < -0.39 is 0 Å². The van der Waals surface area contributed by atoms with E-state index in [1.165, 1.54) is 11.3 Å². The molecule has 3 aromatic rings. The summed E-state index contributed by atoms with van der Waals surface area (Å²) in [5, 5.41) is 0.724. The molecule has 0 aliphatic heterocycles. The number of hydrogen-bond acceptors (Lipinski definition) is 5. The summed E-state index contributed by atoms with van der Waals surface area (Å²) in [4.78, 5) is 22.2. The number of thiazole rings is 1. The van der Waals surface area contributed by atoms with Crippen LogP contribution in [0.2, 0.25) is 0 Å². The second kappa shape index (κ2) is 9.17. The summed E-state index contributed by atoms with van der Waals surface area (Å²) in [5.41, 5.74) is 2.64. The average molecular weight is 398 g/mol. The van der Waals surface area contributed by atoms with Gasteiger partial charge in [-0.1, -0.05) is 42.9 Å². The third-order valence-electron chi connectivity index (χ3n) is 4.86. The lowest BCUT2D eigenvalue weighted by Gasteiger charge is -2.24. The van der Waals surface area contributed by atoms with Crippen molar-refractivity contribution in [1.82, 2.24) is 9.88 Å². The fourth-order valence-electron chi connectivity index (χ4n) is 3.13. The summed E-state index contributed by atoms with van der Waals surface area (Å²) >= 11 is 1.52. The number of amides is 1. The van der Waals surface area contributed by atoms with E-state index in [1.54, 1.807) is 7.11 Å². The van der Waals surface area contributed by atoms with Crippen LogP contribution in [0, 0.1) is 6.92 Å². The zero-order valence-corrected chi connectivity index (χ0v) is 17.8. The van der Waals surface area contributed by atoms with Gasteiger partial charge in [0.05, 0.1) is 17.3 Å². The molecule has 0 spiro atoms. The van der Waals surface area contributed by atoms with Crippen LogP contribution in [0.4, 0.5) is 5.13 Å². The third-order valence-corrected chi connectivity index (χ3v) is 5.90. The molecule has 0 atom stereocenters. The first-order valence-electron chi connectivity index (χ1n) is 9.61. The first-order valence-corrected chi connectivity index (χ1v) is 10.4. The first kappa shape index (κ1) is 20.3. The Labute approximate surface area is 170 Å². The Morgan fingerprint density at radius 3 is 2.57 bits per heavy atom. The van der Waals surface area contributed by atoms with Crippen LogP contribution in [-0.2, 0) is 0 Å². The van der Waals surface area contributed by atoms with Gasteiger partial charge in [0.1, 0.15) is 5.75 Å². The van der Waals surface area contributed by atoms with Crippen molar-refractivity contribution in [2.24, 2.45) is 0 Å². The zero-order valence-electron chi connectivity index (χ0n) is 16.9. The van der Waals surface area contributed by atoms with Crippen LogP contribution in [0.15, 0.2) is 42.5 Å². The Bertz CT molecular complexity index is 950. The number of hydrogen-bond donors (Lipinski definition) is 0. The monoisotopic (exact) mass is 397 g/mol. The summed E-state index contributed by atoms with van der Waals surface area (Å²) in [7, 11) is 1.65. The van der Waals surface area contributed by atoms with Gasteiger partial charge >= 0.3 is 0 Å². The molecule has 28 heavy (non-hydrogen) atoms. The maximum absolute atomic E-state index is 13.3. The maximum atomic E-state index is 13.3. The van der Waals surface area contributed by atoms with Crippen LogP contribution >= 0.6 is 11.3 Å². The van der Waals surface area contributed by atoms with Crippen molar-refractivity contribution in [3.05, 3.63) is 53.6 Å². The van der Waals surface area contributed by atoms with Gasteiger partial charge in [0.2, 0.25) is 0 Å². The van der Waals surface area contributed by atoms with Crippen molar-refractivity contribution in [3.8, 4) is 5.75 Å². The van der Waals surface area contributed by atoms with Crippen LogP contribution in [0.3, 0.4) is 0 Å². The molecule has 1 heterocycles. The molecule has 0 radical (unpaired) electrons. The van der Waals surface area contributed by atoms with E-state index in [9.17, 15) is 4.79 Å². The molecule has 148 valence electrons. The number of likely N-dealkylation sites (N-methyl/N-ethyl adjacent to an activating group) is 1. The summed E-state index contributed by atoms with van der Waals surface area (Å²) in [6.07, 6.45) is 0. The Hall–Kier alpha value is -2.44. The molecular weight excluding hydrogens is 370 g/mol. The SMILES string of the molecule is CCN(CC)CCN(C(=O)c1cccc(C)c1)c1nc2ccc(OC)cc2s1. The normalized spacial score (nSPS) is 11.2. The van der Waals surface area contributed by atoms with Crippen LogP contribution in [0.25, 0.3) is 10.2 Å². The van der Waals surface area contributed by atoms with E-state index in [-0.39, 0.29) is 5.91 Å². The zero-order chi connectivity index (χ0) is 20.1. The van der Waals surface area contributed by atoms with Gasteiger partial charge in [-0.15, -0.1) is 0 Å². The predicted octanol–water partition coefficient (Wildman–Crippen LogP) is 4.60. The largest absolute Gasteiger partial charge is 0.497 e. The highest BCUT2D eigenvalue weighted by Crippen LogP contribution is 2.32. The molecule has 5 nitrogen and oxygen atoms in total. The lowest BCUT2D eigenvalue weighted by molar-refractivity contribution is 0.0983. The summed E-state index contributed by atoms with van der Waals surface area (Å²) in [6, 6.07) is 13.5. The minimum Gasteiger partial charge on any atom is -0.497 e. The standard InChI is InChI=1S/C22H27N3O2S/c1-5-24(6-2)12-13-25(21(26)17-9-7-8-16(3)14-17)22-23-19-11-10-18(27-4)15-20(19)28-22/h7-11,14-15H,5-6,12-13H2,1-4H3. The summed E-state index contributed by atoms with van der Waals surface area (Å²) in [6.45, 7) is 9.61. The van der Waals surface area contributed by atoms with Crippen LogP contribution in [0.1, 0.15) is 29.8 Å². The molecule has 0 N–H and O–H groups in total. The van der Waals surface area contributed by atoms with Crippen molar-refractivity contribution in [1.29, 1.82) is 0 Å². The molecule has 1 amide bonds. The Balaban J connectivity index is 1.96. The number of benzene rings is 2. The van der Waals surface area contributed by atoms with Crippen molar-refractivity contribution < 1.29 is 9.53 Å². The molecule has 2 aromatic carbocycles. The Morgan fingerprint density at radius 1 is 1.11 bits per heavy atom. The topological polar surface area (TPSA) is 45.7 Å². The number of fused-ring (bicyclic) bond motifs is 1. The van der Waals surface area contributed by atoms with E-state index in [1.807, 2.05) is 54.3 Å². The first-order chi connectivity index (χ1) is 13.5. The van der Waals surface area contributed by atoms with Gasteiger partial charge in [0.25, 0.3) is 5.91 Å². The van der Waals surface area contributed by atoms with E-state index in [0.717, 1.165) is 46.3 Å². The van der Waals surface area contributed by atoms with Gasteiger partial charge < -0.3 is 9.64 Å². The van der Waals surface area contributed by atoms with E-state index in [0.29, 0.717) is 12.1 Å². The van der Waals surface area contributed by atoms with Crippen molar-refractivity contribution >= 4 is 32.6 Å². The van der Waals surface area contributed by atoms with Crippen molar-refractivity contribution in [3.63, 3.8) is 0 Å². The molecule has 0 saturated heterocycles. The second-order valence-corrected chi connectivity index (χ2v) is 7.69. The lowest BCUT2D eigenvalue weighted by atomic mass is 10.1. The number of carbonyl (C=O) groups is 1. The predicted molar refractivity (Wildman–Crippen MR) is 117 cm³/mol. The lowest BCUT2D eigenvalue weighted by Crippen LogP contribution is -2.38. The van der Waals surface area contributed by atoms with Gasteiger partial charge in [-0.2, -0.15) is 0 Å². The van der Waals surface area contributed by atoms with Gasteiger partial charge in [-0.05, 0) is 50.3 Å². The number of ether oxygens (including phenoxy) is 1. The molecule has 3 rings (SSSR count). The number of methoxy groups -OCH3 is 1. The number of rotatable bonds is 8. The van der Waals surface area contributed by atoms with Gasteiger partial charge in [-0.25, -0.2) is 4.98 Å². The highest BCUT2D eigenvalue weighted by molar-refractivity contribution is 7.22. The third kappa shape index (κ3) is 4.51. The van der Waals surface area contributed by atoms with Crippen LogP contribution < -0.4 is 9.64 Å². The molecule has 0 aliphatic rings. The molecule has 0 bridgehead atoms. The Kier molecular flexibility index (Phi) is 6.65. The highest BCUT2D eigenvalue weighted by atomic mass is 32.1. The van der Waals surface area contributed by atoms with E-state index in [2.05, 4.69) is 18.7 Å². The van der Waals surface area contributed by atoms with Gasteiger partial charge in [-0.3, -0.25) is 9.69 Å². The Morgan fingerprint density at radius 2 is 1.89 bits per heavy atom. The minimum atomic E-state index is -0.0122.